The number of amides is 1. The van der Waals surface area contributed by atoms with Gasteiger partial charge in [0.15, 0.2) is 0 Å². The molecule has 82 valence electrons. The molecule has 0 spiro atoms. The van der Waals surface area contributed by atoms with Crippen LogP contribution in [0.1, 0.15) is 10.6 Å². The Hall–Kier alpha value is -1.96. The first-order chi connectivity index (χ1) is 7.65. The Labute approximate surface area is 98.6 Å². The summed E-state index contributed by atoms with van der Waals surface area (Å²) in [5, 5.41) is 8.55. The van der Waals surface area contributed by atoms with Gasteiger partial charge in [-0.2, -0.15) is 4.98 Å². The molecule has 0 atom stereocenters. The van der Waals surface area contributed by atoms with Gasteiger partial charge in [0.1, 0.15) is 4.60 Å². The molecule has 16 heavy (non-hydrogen) atoms. The van der Waals surface area contributed by atoms with Gasteiger partial charge in [0.2, 0.25) is 11.8 Å². The topological polar surface area (TPSA) is 110 Å². The Morgan fingerprint density at radius 2 is 2.31 bits per heavy atom. The van der Waals surface area contributed by atoms with Gasteiger partial charge in [-0.15, -0.1) is 5.10 Å². The van der Waals surface area contributed by atoms with E-state index in [2.05, 4.69) is 41.4 Å². The number of H-pyrrole nitrogens is 1. The molecule has 0 saturated carbocycles. The molecule has 0 unspecified atom stereocenters. The van der Waals surface area contributed by atoms with E-state index in [1.165, 1.54) is 6.20 Å². The third-order valence-corrected chi connectivity index (χ3v) is 2.17. The van der Waals surface area contributed by atoms with E-state index in [0.29, 0.717) is 10.3 Å². The van der Waals surface area contributed by atoms with E-state index < -0.39 is 5.91 Å². The Bertz CT molecular complexity index is 508. The molecule has 1 amide bonds. The summed E-state index contributed by atoms with van der Waals surface area (Å²) in [6, 6.07) is 3.42. The van der Waals surface area contributed by atoms with Gasteiger partial charge in [-0.25, -0.2) is 4.98 Å². The molecule has 0 aliphatic rings. The third-order valence-electron chi connectivity index (χ3n) is 1.70. The zero-order valence-corrected chi connectivity index (χ0v) is 9.52. The summed E-state index contributed by atoms with van der Waals surface area (Å²) in [6.45, 7) is 0. The summed E-state index contributed by atoms with van der Waals surface area (Å²) < 4.78 is 0.689. The normalized spacial score (nSPS) is 10.1. The zero-order chi connectivity index (χ0) is 11.5. The smallest absolute Gasteiger partial charge is 0.293 e. The van der Waals surface area contributed by atoms with Gasteiger partial charge in [0, 0.05) is 0 Å². The number of hydrogen-bond acceptors (Lipinski definition) is 5. The van der Waals surface area contributed by atoms with Crippen LogP contribution in [0.5, 0.6) is 0 Å². The van der Waals surface area contributed by atoms with E-state index in [0.717, 1.165) is 0 Å². The number of nitrogens with zero attached hydrogens (tertiary/aromatic N) is 3. The van der Waals surface area contributed by atoms with Crippen LogP contribution in [0, 0.1) is 0 Å². The van der Waals surface area contributed by atoms with Crippen LogP contribution in [-0.4, -0.2) is 26.1 Å². The molecule has 8 heteroatoms. The molecule has 2 aromatic heterocycles. The molecule has 0 aliphatic carbocycles. The molecule has 7 nitrogen and oxygen atoms in total. The molecule has 0 fully saturated rings. The summed E-state index contributed by atoms with van der Waals surface area (Å²) in [6.07, 6.45) is 1.52. The van der Waals surface area contributed by atoms with Crippen LogP contribution in [0.4, 0.5) is 11.6 Å². The molecule has 0 aromatic carbocycles. The van der Waals surface area contributed by atoms with E-state index in [9.17, 15) is 4.79 Å². The van der Waals surface area contributed by atoms with Crippen molar-refractivity contribution in [2.45, 2.75) is 0 Å². The minimum atomic E-state index is -0.423. The van der Waals surface area contributed by atoms with E-state index in [-0.39, 0.29) is 11.8 Å². The standard InChI is InChI=1S/C8H7BrN6O/c9-5-2-1-4(3-11-5)12-7(16)6-13-8(10)15-14-6/h1-3H,(H,12,16)(H3,10,13,14,15). The Morgan fingerprint density at radius 1 is 1.50 bits per heavy atom. The number of hydrogen-bond donors (Lipinski definition) is 3. The number of nitrogens with one attached hydrogen (secondary N) is 2. The molecular weight excluding hydrogens is 276 g/mol. The number of pyridine rings is 1. The molecule has 0 aliphatic heterocycles. The number of nitrogen functional groups attached to an aromatic ring is 1. The largest absolute Gasteiger partial charge is 0.366 e. The maximum Gasteiger partial charge on any atom is 0.293 e. The highest BCUT2D eigenvalue weighted by Crippen LogP contribution is 2.11. The van der Waals surface area contributed by atoms with Crippen molar-refractivity contribution in [3.8, 4) is 0 Å². The van der Waals surface area contributed by atoms with Crippen molar-refractivity contribution in [2.24, 2.45) is 0 Å². The fourth-order valence-electron chi connectivity index (χ4n) is 1.02. The number of carbonyl (C=O) groups is 1. The molecule has 0 bridgehead atoms. The minimum Gasteiger partial charge on any atom is -0.366 e. The van der Waals surface area contributed by atoms with Gasteiger partial charge in [0.25, 0.3) is 5.91 Å². The van der Waals surface area contributed by atoms with Crippen molar-refractivity contribution < 1.29 is 4.79 Å². The lowest BCUT2D eigenvalue weighted by molar-refractivity contribution is 0.101. The first-order valence-electron chi connectivity index (χ1n) is 4.26. The quantitative estimate of drug-likeness (QED) is 0.706. The summed E-state index contributed by atoms with van der Waals surface area (Å²) in [5.41, 5.74) is 5.84. The maximum absolute atomic E-state index is 11.6. The van der Waals surface area contributed by atoms with Gasteiger partial charge < -0.3 is 11.1 Å². The Kier molecular flexibility index (Phi) is 2.82. The van der Waals surface area contributed by atoms with Gasteiger partial charge in [-0.1, -0.05) is 0 Å². The van der Waals surface area contributed by atoms with Crippen LogP contribution in [-0.2, 0) is 0 Å². The second kappa shape index (κ2) is 4.27. The lowest BCUT2D eigenvalue weighted by atomic mass is 10.4. The Balaban J connectivity index is 2.10. The van der Waals surface area contributed by atoms with Crippen molar-refractivity contribution >= 4 is 33.5 Å². The van der Waals surface area contributed by atoms with Crippen molar-refractivity contribution in [2.75, 3.05) is 11.1 Å². The van der Waals surface area contributed by atoms with Crippen molar-refractivity contribution in [1.82, 2.24) is 20.2 Å². The van der Waals surface area contributed by atoms with Gasteiger partial charge in [-0.3, -0.25) is 9.89 Å². The number of carbonyl (C=O) groups excluding carboxylic acids is 1. The molecule has 0 saturated heterocycles. The first kappa shape index (κ1) is 10.6. The van der Waals surface area contributed by atoms with E-state index in [1.807, 2.05) is 0 Å². The van der Waals surface area contributed by atoms with Crippen LogP contribution in [0.25, 0.3) is 0 Å². The molecule has 2 heterocycles. The SMILES string of the molecule is Nc1n[nH]c(C(=O)Nc2ccc(Br)nc2)n1. The van der Waals surface area contributed by atoms with E-state index in [1.54, 1.807) is 12.1 Å². The second-order valence-corrected chi connectivity index (χ2v) is 3.68. The highest BCUT2D eigenvalue weighted by atomic mass is 79.9. The predicted molar refractivity (Wildman–Crippen MR) is 60.7 cm³/mol. The van der Waals surface area contributed by atoms with E-state index >= 15 is 0 Å². The van der Waals surface area contributed by atoms with Gasteiger partial charge in [0.05, 0.1) is 11.9 Å². The summed E-state index contributed by atoms with van der Waals surface area (Å²) in [5.74, 6) is -0.340. The summed E-state index contributed by atoms with van der Waals surface area (Å²) >= 11 is 3.19. The van der Waals surface area contributed by atoms with Crippen molar-refractivity contribution in [3.05, 3.63) is 28.8 Å². The number of nitrogens with two attached hydrogens (primary N) is 1. The van der Waals surface area contributed by atoms with Crippen LogP contribution in [0.2, 0.25) is 0 Å². The average molecular weight is 283 g/mol. The fraction of sp³-hybridized carbons (Fsp3) is 0. The molecule has 2 rings (SSSR count). The fourth-order valence-corrected chi connectivity index (χ4v) is 1.25. The predicted octanol–water partition coefficient (Wildman–Crippen LogP) is 0.797. The van der Waals surface area contributed by atoms with Crippen molar-refractivity contribution in [1.29, 1.82) is 0 Å². The van der Waals surface area contributed by atoms with Crippen LogP contribution in [0.15, 0.2) is 22.9 Å². The number of rotatable bonds is 2. The molecular formula is C8H7BrN6O. The molecule has 2 aromatic rings. The first-order valence-corrected chi connectivity index (χ1v) is 5.05. The number of halogens is 1. The summed E-state index contributed by atoms with van der Waals surface area (Å²) in [4.78, 5) is 19.2. The van der Waals surface area contributed by atoms with Gasteiger partial charge in [-0.05, 0) is 28.1 Å². The van der Waals surface area contributed by atoms with Crippen molar-refractivity contribution in [3.63, 3.8) is 0 Å². The number of aromatic nitrogens is 4. The van der Waals surface area contributed by atoms with Gasteiger partial charge >= 0.3 is 0 Å². The Morgan fingerprint density at radius 3 is 2.88 bits per heavy atom. The van der Waals surface area contributed by atoms with Crippen LogP contribution < -0.4 is 11.1 Å². The van der Waals surface area contributed by atoms with E-state index in [4.69, 9.17) is 5.73 Å². The third kappa shape index (κ3) is 2.34. The monoisotopic (exact) mass is 282 g/mol. The molecule has 0 radical (unpaired) electrons. The number of aromatic amines is 1. The highest BCUT2D eigenvalue weighted by Gasteiger charge is 2.10. The van der Waals surface area contributed by atoms with Crippen LogP contribution >= 0.6 is 15.9 Å². The second-order valence-electron chi connectivity index (χ2n) is 2.87. The summed E-state index contributed by atoms with van der Waals surface area (Å²) in [7, 11) is 0. The zero-order valence-electron chi connectivity index (χ0n) is 7.94. The lowest BCUT2D eigenvalue weighted by Crippen LogP contribution is -2.13. The lowest BCUT2D eigenvalue weighted by Gasteiger charge is -2.01. The highest BCUT2D eigenvalue weighted by molar-refractivity contribution is 9.10. The number of anilines is 2. The minimum absolute atomic E-state index is 0.0269. The maximum atomic E-state index is 11.6. The van der Waals surface area contributed by atoms with Crippen LogP contribution in [0.3, 0.4) is 0 Å². The average Bonchev–Trinajstić information content (AvgIpc) is 2.68. The molecule has 4 N–H and O–H groups in total.